The monoisotopic (exact) mass is 394 g/mol. The molecule has 0 radical (unpaired) electrons. The zero-order valence-electron chi connectivity index (χ0n) is 16.6. The van der Waals surface area contributed by atoms with Crippen molar-refractivity contribution in [2.45, 2.75) is 45.7 Å². The Kier molecular flexibility index (Phi) is 4.87. The summed E-state index contributed by atoms with van der Waals surface area (Å²) in [5, 5.41) is 0. The maximum Gasteiger partial charge on any atom is 0.416 e. The van der Waals surface area contributed by atoms with Crippen LogP contribution >= 0.6 is 0 Å². The van der Waals surface area contributed by atoms with Crippen molar-refractivity contribution < 1.29 is 18.0 Å². The van der Waals surface area contributed by atoms with Crippen LogP contribution in [0.3, 0.4) is 0 Å². The van der Waals surface area contributed by atoms with Crippen LogP contribution in [0.4, 0.5) is 18.9 Å². The number of fused-ring (bicyclic) bond motifs is 2. The minimum atomic E-state index is -4.33. The highest BCUT2D eigenvalue weighted by atomic mass is 19.4. The van der Waals surface area contributed by atoms with Gasteiger partial charge in [0.15, 0.2) is 0 Å². The molecule has 1 aromatic carbocycles. The lowest BCUT2D eigenvalue weighted by atomic mass is 9.67. The lowest BCUT2D eigenvalue weighted by Crippen LogP contribution is -2.49. The van der Waals surface area contributed by atoms with Crippen LogP contribution < -0.4 is 4.90 Å². The second-order valence-electron chi connectivity index (χ2n) is 9.32. The molecule has 2 aliphatic carbocycles. The third-order valence-corrected chi connectivity index (χ3v) is 7.62. The molecule has 3 nitrogen and oxygen atoms in total. The van der Waals surface area contributed by atoms with Gasteiger partial charge in [0.05, 0.1) is 5.56 Å². The number of piperazine rings is 1. The molecule has 1 aliphatic heterocycles. The SMILES string of the molecule is CC1(C)C2CCC(C2)C1CC(=O)N1CCN(c2cccc(C(F)(F)F)c2)CC1. The van der Waals surface area contributed by atoms with Crippen molar-refractivity contribution in [3.8, 4) is 0 Å². The zero-order chi connectivity index (χ0) is 20.1. The molecule has 3 aliphatic rings. The Morgan fingerprint density at radius 1 is 1.14 bits per heavy atom. The van der Waals surface area contributed by atoms with E-state index in [1.165, 1.54) is 31.4 Å². The number of alkyl halides is 3. The van der Waals surface area contributed by atoms with E-state index in [4.69, 9.17) is 0 Å². The highest BCUT2D eigenvalue weighted by Gasteiger charge is 2.53. The van der Waals surface area contributed by atoms with Crippen molar-refractivity contribution >= 4 is 11.6 Å². The predicted octanol–water partition coefficient (Wildman–Crippen LogP) is 4.82. The Morgan fingerprint density at radius 3 is 2.46 bits per heavy atom. The third kappa shape index (κ3) is 3.50. The minimum absolute atomic E-state index is 0.217. The van der Waals surface area contributed by atoms with Gasteiger partial charge in [-0.05, 0) is 60.6 Å². The molecule has 2 bridgehead atoms. The maximum absolute atomic E-state index is 13.0. The molecule has 1 heterocycles. The molecule has 3 atom stereocenters. The quantitative estimate of drug-likeness (QED) is 0.734. The predicted molar refractivity (Wildman–Crippen MR) is 103 cm³/mol. The summed E-state index contributed by atoms with van der Waals surface area (Å²) in [7, 11) is 0. The van der Waals surface area contributed by atoms with E-state index in [0.29, 0.717) is 50.1 Å². The summed E-state index contributed by atoms with van der Waals surface area (Å²) in [6.07, 6.45) is 0.126. The number of hydrogen-bond donors (Lipinski definition) is 0. The molecule has 0 aromatic heterocycles. The van der Waals surface area contributed by atoms with E-state index >= 15 is 0 Å². The number of amides is 1. The summed E-state index contributed by atoms with van der Waals surface area (Å²) >= 11 is 0. The second-order valence-corrected chi connectivity index (χ2v) is 9.32. The van der Waals surface area contributed by atoms with Crippen molar-refractivity contribution in [3.63, 3.8) is 0 Å². The van der Waals surface area contributed by atoms with Gasteiger partial charge in [0, 0.05) is 38.3 Å². The van der Waals surface area contributed by atoms with Crippen LogP contribution in [-0.4, -0.2) is 37.0 Å². The summed E-state index contributed by atoms with van der Waals surface area (Å²) in [4.78, 5) is 16.8. The molecule has 3 unspecified atom stereocenters. The van der Waals surface area contributed by atoms with Crippen LogP contribution in [0, 0.1) is 23.2 Å². The maximum atomic E-state index is 13.0. The normalized spacial score (nSPS) is 29.4. The first-order valence-corrected chi connectivity index (χ1v) is 10.4. The highest BCUT2D eigenvalue weighted by Crippen LogP contribution is 2.60. The van der Waals surface area contributed by atoms with E-state index in [2.05, 4.69) is 13.8 Å². The molecule has 0 N–H and O–H groups in total. The number of nitrogens with zero attached hydrogens (tertiary/aromatic N) is 2. The molecule has 1 amide bonds. The van der Waals surface area contributed by atoms with Crippen molar-refractivity contribution in [1.29, 1.82) is 0 Å². The van der Waals surface area contributed by atoms with E-state index in [1.807, 2.05) is 9.80 Å². The molecular formula is C22H29F3N2O. The average Bonchev–Trinajstić information content (AvgIpc) is 3.23. The topological polar surface area (TPSA) is 23.6 Å². The Morgan fingerprint density at radius 2 is 1.86 bits per heavy atom. The molecule has 0 spiro atoms. The summed E-state index contributed by atoms with van der Waals surface area (Å²) < 4.78 is 38.9. The molecule has 2 saturated carbocycles. The fourth-order valence-electron chi connectivity index (χ4n) is 5.81. The molecule has 28 heavy (non-hydrogen) atoms. The van der Waals surface area contributed by atoms with Gasteiger partial charge in [-0.2, -0.15) is 13.2 Å². The molecule has 154 valence electrons. The van der Waals surface area contributed by atoms with E-state index in [1.54, 1.807) is 6.07 Å². The fraction of sp³-hybridized carbons (Fsp3) is 0.682. The van der Waals surface area contributed by atoms with Crippen LogP contribution in [0.25, 0.3) is 0 Å². The first-order valence-electron chi connectivity index (χ1n) is 10.4. The number of anilines is 1. The Hall–Kier alpha value is -1.72. The number of carbonyl (C=O) groups excluding carboxylic acids is 1. The van der Waals surface area contributed by atoms with Gasteiger partial charge in [0.2, 0.25) is 5.91 Å². The van der Waals surface area contributed by atoms with Gasteiger partial charge < -0.3 is 9.80 Å². The zero-order valence-corrected chi connectivity index (χ0v) is 16.6. The first kappa shape index (κ1) is 19.6. The number of halogens is 3. The average molecular weight is 394 g/mol. The van der Waals surface area contributed by atoms with Crippen LogP contribution in [-0.2, 0) is 11.0 Å². The van der Waals surface area contributed by atoms with Crippen molar-refractivity contribution in [3.05, 3.63) is 29.8 Å². The number of hydrogen-bond acceptors (Lipinski definition) is 2. The van der Waals surface area contributed by atoms with Crippen LogP contribution in [0.2, 0.25) is 0 Å². The molecule has 6 heteroatoms. The summed E-state index contributed by atoms with van der Waals surface area (Å²) in [5.41, 5.74) is 0.205. The minimum Gasteiger partial charge on any atom is -0.368 e. The lowest BCUT2D eigenvalue weighted by molar-refractivity contribution is -0.137. The summed E-state index contributed by atoms with van der Waals surface area (Å²) in [5.74, 6) is 2.14. The van der Waals surface area contributed by atoms with E-state index < -0.39 is 11.7 Å². The van der Waals surface area contributed by atoms with Gasteiger partial charge in [-0.1, -0.05) is 19.9 Å². The van der Waals surface area contributed by atoms with E-state index in [9.17, 15) is 18.0 Å². The first-order chi connectivity index (χ1) is 13.2. The third-order valence-electron chi connectivity index (χ3n) is 7.62. The Balaban J connectivity index is 1.35. The van der Waals surface area contributed by atoms with Crippen LogP contribution in [0.5, 0.6) is 0 Å². The lowest BCUT2D eigenvalue weighted by Gasteiger charge is -2.40. The number of benzene rings is 1. The van der Waals surface area contributed by atoms with Gasteiger partial charge in [0.25, 0.3) is 0 Å². The Bertz CT molecular complexity index is 738. The summed E-state index contributed by atoms with van der Waals surface area (Å²) in [6.45, 7) is 6.95. The van der Waals surface area contributed by atoms with Crippen molar-refractivity contribution in [1.82, 2.24) is 4.90 Å². The van der Waals surface area contributed by atoms with Gasteiger partial charge in [0.1, 0.15) is 0 Å². The molecular weight excluding hydrogens is 365 g/mol. The molecule has 3 fully saturated rings. The molecule has 1 saturated heterocycles. The highest BCUT2D eigenvalue weighted by molar-refractivity contribution is 5.77. The number of rotatable bonds is 3. The molecule has 4 rings (SSSR count). The van der Waals surface area contributed by atoms with Crippen molar-refractivity contribution in [2.75, 3.05) is 31.1 Å². The van der Waals surface area contributed by atoms with Gasteiger partial charge in [-0.3, -0.25) is 4.79 Å². The summed E-state index contributed by atoms with van der Waals surface area (Å²) in [6, 6.07) is 5.47. The van der Waals surface area contributed by atoms with E-state index in [0.717, 1.165) is 12.0 Å². The van der Waals surface area contributed by atoms with E-state index in [-0.39, 0.29) is 11.3 Å². The Labute approximate surface area is 164 Å². The van der Waals surface area contributed by atoms with Crippen molar-refractivity contribution in [2.24, 2.45) is 23.2 Å². The van der Waals surface area contributed by atoms with Crippen LogP contribution in [0.1, 0.15) is 45.1 Å². The smallest absolute Gasteiger partial charge is 0.368 e. The van der Waals surface area contributed by atoms with Gasteiger partial charge in [-0.15, -0.1) is 0 Å². The number of carbonyl (C=O) groups is 1. The van der Waals surface area contributed by atoms with Gasteiger partial charge in [-0.25, -0.2) is 0 Å². The van der Waals surface area contributed by atoms with Gasteiger partial charge >= 0.3 is 6.18 Å². The largest absolute Gasteiger partial charge is 0.416 e. The van der Waals surface area contributed by atoms with Crippen LogP contribution in [0.15, 0.2) is 24.3 Å². The standard InChI is InChI=1S/C22H29F3N2O/c1-21(2)16-7-6-15(12-16)19(21)14-20(28)27-10-8-26(9-11-27)18-5-3-4-17(13-18)22(23,24)25/h3-5,13,15-16,19H,6-12,14H2,1-2H3. The fourth-order valence-corrected chi connectivity index (χ4v) is 5.81. The second kappa shape index (κ2) is 6.96. The molecule has 1 aromatic rings.